The van der Waals surface area contributed by atoms with Crippen molar-refractivity contribution in [3.63, 3.8) is 0 Å². The molecule has 1 aromatic rings. The molecule has 0 saturated carbocycles. The molecule has 1 N–H and O–H groups in total. The summed E-state index contributed by atoms with van der Waals surface area (Å²) >= 11 is 0. The SMILES string of the molecule is C=C/C=C(Nc1ccc(C(C)(F)C(F)(F)C(C)(F)C(F)(F)F)cc1F)\C(=C/N(C)C)C(=O)OCC. The molecule has 1 aromatic carbocycles. The number of nitrogens with one attached hydrogen (secondary N) is 1. The number of allylic oxidation sites excluding steroid dienone is 2. The molecular formula is C23H26F8N2O2. The van der Waals surface area contributed by atoms with Crippen molar-refractivity contribution in [1.82, 2.24) is 4.90 Å². The van der Waals surface area contributed by atoms with Crippen LogP contribution in [0.15, 0.2) is 54.4 Å². The average Bonchev–Trinajstić information content (AvgIpc) is 2.71. The highest BCUT2D eigenvalue weighted by Gasteiger charge is 2.75. The van der Waals surface area contributed by atoms with Gasteiger partial charge in [0.05, 0.1) is 23.6 Å². The van der Waals surface area contributed by atoms with Gasteiger partial charge in [-0.05, 0) is 44.5 Å². The number of alkyl halides is 7. The maximum atomic E-state index is 15.0. The Kier molecular flexibility index (Phi) is 9.16. The fraction of sp³-hybridized carbons (Fsp3) is 0.435. The first-order valence-corrected chi connectivity index (χ1v) is 10.1. The van der Waals surface area contributed by atoms with Gasteiger partial charge in [0.15, 0.2) is 5.67 Å². The minimum absolute atomic E-state index is 0.0166. The van der Waals surface area contributed by atoms with Gasteiger partial charge in [0.25, 0.3) is 5.67 Å². The Bertz CT molecular complexity index is 996. The van der Waals surface area contributed by atoms with Gasteiger partial charge in [-0.15, -0.1) is 0 Å². The van der Waals surface area contributed by atoms with Crippen LogP contribution in [0.2, 0.25) is 0 Å². The summed E-state index contributed by atoms with van der Waals surface area (Å²) in [7, 11) is 3.17. The second-order valence-corrected chi connectivity index (χ2v) is 7.94. The summed E-state index contributed by atoms with van der Waals surface area (Å²) in [6, 6.07) is 1.56. The van der Waals surface area contributed by atoms with Crippen molar-refractivity contribution in [2.24, 2.45) is 0 Å². The standard InChI is InChI=1S/C23H26F8N2O2/c1-7-9-17(15(13-33(5)6)19(34)35-8-2)32-18-11-10-14(12-16(18)24)20(3,25)22(27,28)21(4,26)23(29,30)31/h7,9-13,32H,1,8H2,2-6H3/b15-13+,17-9+. The van der Waals surface area contributed by atoms with E-state index in [2.05, 4.69) is 11.9 Å². The number of nitrogens with zero attached hydrogens (tertiary/aromatic N) is 1. The number of carbonyl (C=O) groups excluding carboxylic acids is 1. The van der Waals surface area contributed by atoms with E-state index in [1.807, 2.05) is 0 Å². The third-order valence-electron chi connectivity index (χ3n) is 4.95. The zero-order chi connectivity index (χ0) is 27.4. The van der Waals surface area contributed by atoms with E-state index in [1.165, 1.54) is 23.3 Å². The highest BCUT2D eigenvalue weighted by Crippen LogP contribution is 2.54. The van der Waals surface area contributed by atoms with Crippen molar-refractivity contribution in [3.8, 4) is 0 Å². The average molecular weight is 514 g/mol. The smallest absolute Gasteiger partial charge is 0.428 e. The van der Waals surface area contributed by atoms with E-state index in [-0.39, 0.29) is 30.9 Å². The molecule has 4 nitrogen and oxygen atoms in total. The lowest BCUT2D eigenvalue weighted by atomic mass is 9.81. The van der Waals surface area contributed by atoms with Gasteiger partial charge in [-0.1, -0.05) is 18.7 Å². The van der Waals surface area contributed by atoms with E-state index >= 15 is 4.39 Å². The van der Waals surface area contributed by atoms with Gasteiger partial charge < -0.3 is 15.0 Å². The summed E-state index contributed by atoms with van der Waals surface area (Å²) in [6.07, 6.45) is -2.25. The van der Waals surface area contributed by atoms with E-state index in [9.17, 15) is 35.5 Å². The number of halogens is 8. The molecule has 0 aliphatic heterocycles. The second-order valence-electron chi connectivity index (χ2n) is 7.94. The molecular weight excluding hydrogens is 488 g/mol. The second kappa shape index (κ2) is 10.7. The lowest BCUT2D eigenvalue weighted by Crippen LogP contribution is -2.60. The predicted molar refractivity (Wildman–Crippen MR) is 116 cm³/mol. The molecule has 2 unspecified atom stereocenters. The molecule has 0 aliphatic rings. The molecule has 1 rings (SSSR count). The van der Waals surface area contributed by atoms with Crippen LogP contribution in [0.4, 0.5) is 40.8 Å². The first-order chi connectivity index (χ1) is 15.8. The van der Waals surface area contributed by atoms with Crippen LogP contribution >= 0.6 is 0 Å². The molecule has 0 amide bonds. The third-order valence-corrected chi connectivity index (χ3v) is 4.95. The Morgan fingerprint density at radius 3 is 2.11 bits per heavy atom. The molecule has 0 heterocycles. The Morgan fingerprint density at radius 2 is 1.69 bits per heavy atom. The molecule has 0 spiro atoms. The zero-order valence-electron chi connectivity index (χ0n) is 19.7. The van der Waals surface area contributed by atoms with E-state index in [0.29, 0.717) is 6.07 Å². The van der Waals surface area contributed by atoms with Crippen LogP contribution in [-0.4, -0.2) is 49.3 Å². The van der Waals surface area contributed by atoms with E-state index in [1.54, 1.807) is 21.0 Å². The van der Waals surface area contributed by atoms with E-state index < -0.39 is 53.4 Å². The lowest BCUT2D eigenvalue weighted by molar-refractivity contribution is -0.326. The van der Waals surface area contributed by atoms with Crippen LogP contribution in [0.1, 0.15) is 26.3 Å². The monoisotopic (exact) mass is 514 g/mol. The molecule has 0 radical (unpaired) electrons. The van der Waals surface area contributed by atoms with Crippen molar-refractivity contribution in [2.75, 3.05) is 26.0 Å². The largest absolute Gasteiger partial charge is 0.462 e. The van der Waals surface area contributed by atoms with Crippen molar-refractivity contribution in [1.29, 1.82) is 0 Å². The van der Waals surface area contributed by atoms with E-state index in [4.69, 9.17) is 4.74 Å². The van der Waals surface area contributed by atoms with Gasteiger partial charge in [0, 0.05) is 20.3 Å². The molecule has 0 fully saturated rings. The molecule has 0 saturated heterocycles. The van der Waals surface area contributed by atoms with Gasteiger partial charge >= 0.3 is 18.1 Å². The first-order valence-electron chi connectivity index (χ1n) is 10.1. The summed E-state index contributed by atoms with van der Waals surface area (Å²) in [6.45, 7) is 4.59. The Balaban J connectivity index is 3.49. The van der Waals surface area contributed by atoms with Crippen LogP contribution in [0.25, 0.3) is 0 Å². The van der Waals surface area contributed by atoms with Crippen molar-refractivity contribution in [3.05, 3.63) is 65.8 Å². The van der Waals surface area contributed by atoms with Crippen molar-refractivity contribution < 1.29 is 44.7 Å². The highest BCUT2D eigenvalue weighted by molar-refractivity contribution is 5.94. The third kappa shape index (κ3) is 6.15. The summed E-state index contributed by atoms with van der Waals surface area (Å²) in [4.78, 5) is 13.8. The molecule has 0 aromatic heterocycles. The molecule has 12 heteroatoms. The Hall–Kier alpha value is -3.05. The normalized spacial score (nSPS) is 16.7. The van der Waals surface area contributed by atoms with E-state index in [0.717, 1.165) is 6.07 Å². The number of rotatable bonds is 10. The first kappa shape index (κ1) is 30.0. The number of benzene rings is 1. The van der Waals surface area contributed by atoms with Crippen LogP contribution in [0, 0.1) is 5.82 Å². The summed E-state index contributed by atoms with van der Waals surface area (Å²) in [5.74, 6) is -7.78. The van der Waals surface area contributed by atoms with Crippen LogP contribution in [0.5, 0.6) is 0 Å². The molecule has 196 valence electrons. The summed E-state index contributed by atoms with van der Waals surface area (Å²) < 4.78 is 116. The van der Waals surface area contributed by atoms with Crippen molar-refractivity contribution >= 4 is 11.7 Å². The molecule has 0 bridgehead atoms. The quantitative estimate of drug-likeness (QED) is 0.169. The zero-order valence-corrected chi connectivity index (χ0v) is 19.7. The lowest BCUT2D eigenvalue weighted by Gasteiger charge is -2.39. The maximum Gasteiger partial charge on any atom is 0.428 e. The highest BCUT2D eigenvalue weighted by atomic mass is 19.4. The van der Waals surface area contributed by atoms with Crippen LogP contribution in [-0.2, 0) is 15.2 Å². The maximum absolute atomic E-state index is 15.0. The van der Waals surface area contributed by atoms with Crippen LogP contribution < -0.4 is 5.32 Å². The Labute approximate surface area is 197 Å². The molecule has 2 atom stereocenters. The summed E-state index contributed by atoms with van der Waals surface area (Å²) in [5, 5.41) is 2.52. The topological polar surface area (TPSA) is 41.6 Å². The fourth-order valence-electron chi connectivity index (χ4n) is 2.87. The van der Waals surface area contributed by atoms with Gasteiger partial charge in [-0.25, -0.2) is 18.0 Å². The van der Waals surface area contributed by atoms with Gasteiger partial charge in [-0.2, -0.15) is 22.0 Å². The fourth-order valence-corrected chi connectivity index (χ4v) is 2.87. The minimum Gasteiger partial charge on any atom is -0.462 e. The number of esters is 1. The minimum atomic E-state index is -6.10. The van der Waals surface area contributed by atoms with Crippen molar-refractivity contribution in [2.45, 2.75) is 44.2 Å². The number of hydrogen-bond acceptors (Lipinski definition) is 4. The number of hydrogen-bond donors (Lipinski definition) is 1. The van der Waals surface area contributed by atoms with Crippen LogP contribution in [0.3, 0.4) is 0 Å². The number of anilines is 1. The predicted octanol–water partition coefficient (Wildman–Crippen LogP) is 6.43. The number of carbonyl (C=O) groups is 1. The van der Waals surface area contributed by atoms with Gasteiger partial charge in [0.1, 0.15) is 5.82 Å². The van der Waals surface area contributed by atoms with Gasteiger partial charge in [-0.3, -0.25) is 0 Å². The summed E-state index contributed by atoms with van der Waals surface area (Å²) in [5.41, 5.74) is -11.3. The van der Waals surface area contributed by atoms with Gasteiger partial charge in [0.2, 0.25) is 0 Å². The molecule has 35 heavy (non-hydrogen) atoms. The molecule has 0 aliphatic carbocycles. The Morgan fingerprint density at radius 1 is 1.11 bits per heavy atom. The number of ether oxygens (including phenoxy) is 1.